The highest BCUT2D eigenvalue weighted by molar-refractivity contribution is 9.10. The topological polar surface area (TPSA) is 16.1 Å². The van der Waals surface area contributed by atoms with Crippen LogP contribution >= 0.6 is 27.5 Å². The van der Waals surface area contributed by atoms with Crippen molar-refractivity contribution in [3.05, 3.63) is 21.8 Å². The third-order valence-corrected chi connectivity index (χ3v) is 3.36. The normalized spacial score (nSPS) is 15.4. The number of pyridine rings is 1. The molecule has 82 valence electrons. The van der Waals surface area contributed by atoms with Crippen LogP contribution < -0.4 is 4.90 Å². The average molecular weight is 290 g/mol. The van der Waals surface area contributed by atoms with Crippen LogP contribution in [0.15, 0.2) is 16.7 Å². The number of hydrogen-bond donors (Lipinski definition) is 0. The Balaban J connectivity index is 2.16. The van der Waals surface area contributed by atoms with Crippen LogP contribution in [0.2, 0.25) is 5.02 Å². The van der Waals surface area contributed by atoms with E-state index < -0.39 is 0 Å². The fourth-order valence-corrected chi connectivity index (χ4v) is 2.37. The fraction of sp³-hybridized carbons (Fsp3) is 0.545. The second-order valence-electron chi connectivity index (χ2n) is 3.94. The highest BCUT2D eigenvalue weighted by Gasteiger charge is 2.25. The summed E-state index contributed by atoms with van der Waals surface area (Å²) >= 11 is 9.54. The van der Waals surface area contributed by atoms with Gasteiger partial charge in [-0.25, -0.2) is 4.98 Å². The van der Waals surface area contributed by atoms with Crippen molar-refractivity contribution in [2.24, 2.45) is 5.92 Å². The zero-order valence-electron chi connectivity index (χ0n) is 8.71. The predicted molar refractivity (Wildman–Crippen MR) is 67.6 cm³/mol. The van der Waals surface area contributed by atoms with E-state index in [1.807, 2.05) is 6.07 Å². The highest BCUT2D eigenvalue weighted by Crippen LogP contribution is 2.33. The predicted octanol–water partition coefficient (Wildman–Crippen LogP) is 3.73. The number of aromatic nitrogens is 1. The molecule has 1 fully saturated rings. The molecule has 0 bridgehead atoms. The highest BCUT2D eigenvalue weighted by atomic mass is 79.9. The first kappa shape index (κ1) is 11.2. The summed E-state index contributed by atoms with van der Waals surface area (Å²) in [5, 5.41) is 0.729. The Morgan fingerprint density at radius 1 is 1.60 bits per heavy atom. The van der Waals surface area contributed by atoms with Gasteiger partial charge in [-0.1, -0.05) is 11.6 Å². The summed E-state index contributed by atoms with van der Waals surface area (Å²) in [5.41, 5.74) is 0. The number of hydrogen-bond acceptors (Lipinski definition) is 2. The second-order valence-corrected chi connectivity index (χ2v) is 5.26. The van der Waals surface area contributed by atoms with E-state index in [1.54, 1.807) is 6.20 Å². The molecule has 0 spiro atoms. The third kappa shape index (κ3) is 2.85. The average Bonchev–Trinajstić information content (AvgIpc) is 2.99. The summed E-state index contributed by atoms with van der Waals surface area (Å²) in [5.74, 6) is 1.76. The lowest BCUT2D eigenvalue weighted by Crippen LogP contribution is -2.26. The molecule has 0 aliphatic heterocycles. The number of anilines is 1. The second kappa shape index (κ2) is 4.71. The van der Waals surface area contributed by atoms with E-state index in [-0.39, 0.29) is 0 Å². The molecule has 2 nitrogen and oxygen atoms in total. The van der Waals surface area contributed by atoms with Gasteiger partial charge in [0.15, 0.2) is 0 Å². The summed E-state index contributed by atoms with van der Waals surface area (Å²) in [6.45, 7) is 4.19. The summed E-state index contributed by atoms with van der Waals surface area (Å²) in [6, 6.07) is 1.90. The van der Waals surface area contributed by atoms with Gasteiger partial charge < -0.3 is 4.90 Å². The van der Waals surface area contributed by atoms with Crippen LogP contribution in [0.25, 0.3) is 0 Å². The van der Waals surface area contributed by atoms with Gasteiger partial charge in [0.2, 0.25) is 0 Å². The molecule has 1 heterocycles. The minimum Gasteiger partial charge on any atom is -0.355 e. The molecular formula is C11H14BrClN2. The molecule has 15 heavy (non-hydrogen) atoms. The molecule has 0 unspecified atom stereocenters. The van der Waals surface area contributed by atoms with Crippen LogP contribution in [0.4, 0.5) is 5.82 Å². The largest absolute Gasteiger partial charge is 0.355 e. The molecule has 0 amide bonds. The Morgan fingerprint density at radius 3 is 2.87 bits per heavy atom. The lowest BCUT2D eigenvalue weighted by Gasteiger charge is -2.22. The summed E-state index contributed by atoms with van der Waals surface area (Å²) in [6.07, 6.45) is 4.51. The summed E-state index contributed by atoms with van der Waals surface area (Å²) in [7, 11) is 0. The number of rotatable bonds is 4. The van der Waals surface area contributed by atoms with Gasteiger partial charge in [-0.2, -0.15) is 0 Å². The van der Waals surface area contributed by atoms with Crippen LogP contribution in [0.1, 0.15) is 19.8 Å². The van der Waals surface area contributed by atoms with Gasteiger partial charge in [-0.15, -0.1) is 0 Å². The molecular weight excluding hydrogens is 275 g/mol. The van der Waals surface area contributed by atoms with Crippen molar-refractivity contribution in [2.45, 2.75) is 19.8 Å². The zero-order chi connectivity index (χ0) is 10.8. The van der Waals surface area contributed by atoms with Crippen LogP contribution in [0.3, 0.4) is 0 Å². The minimum atomic E-state index is 0.729. The van der Waals surface area contributed by atoms with Crippen molar-refractivity contribution in [2.75, 3.05) is 18.0 Å². The lowest BCUT2D eigenvalue weighted by molar-refractivity contribution is 0.732. The zero-order valence-corrected chi connectivity index (χ0v) is 11.1. The van der Waals surface area contributed by atoms with E-state index in [1.165, 1.54) is 12.8 Å². The van der Waals surface area contributed by atoms with Crippen LogP contribution in [0.5, 0.6) is 0 Å². The van der Waals surface area contributed by atoms with Gasteiger partial charge in [0.25, 0.3) is 0 Å². The smallest absolute Gasteiger partial charge is 0.147 e. The molecule has 0 N–H and O–H groups in total. The van der Waals surface area contributed by atoms with E-state index in [0.717, 1.165) is 34.3 Å². The molecule has 1 aromatic heterocycles. The van der Waals surface area contributed by atoms with Crippen molar-refractivity contribution in [3.8, 4) is 0 Å². The van der Waals surface area contributed by atoms with Gasteiger partial charge in [0.05, 0.1) is 5.02 Å². The van der Waals surface area contributed by atoms with Crippen LogP contribution in [-0.2, 0) is 0 Å². The van der Waals surface area contributed by atoms with Crippen molar-refractivity contribution in [3.63, 3.8) is 0 Å². The molecule has 0 atom stereocenters. The number of halogens is 2. The molecule has 1 aliphatic carbocycles. The molecule has 0 aromatic carbocycles. The van der Waals surface area contributed by atoms with E-state index in [4.69, 9.17) is 11.6 Å². The summed E-state index contributed by atoms with van der Waals surface area (Å²) in [4.78, 5) is 6.63. The van der Waals surface area contributed by atoms with Gasteiger partial charge in [-0.3, -0.25) is 0 Å². The van der Waals surface area contributed by atoms with E-state index in [2.05, 4.69) is 32.7 Å². The van der Waals surface area contributed by atoms with Gasteiger partial charge >= 0.3 is 0 Å². The van der Waals surface area contributed by atoms with E-state index >= 15 is 0 Å². The molecule has 0 radical (unpaired) electrons. The maximum absolute atomic E-state index is 6.17. The lowest BCUT2D eigenvalue weighted by atomic mass is 10.3. The van der Waals surface area contributed by atoms with Crippen molar-refractivity contribution in [1.82, 2.24) is 4.98 Å². The molecule has 4 heteroatoms. The Bertz CT molecular complexity index is 352. The molecule has 2 rings (SSSR count). The van der Waals surface area contributed by atoms with Gasteiger partial charge in [-0.05, 0) is 47.7 Å². The van der Waals surface area contributed by atoms with E-state index in [9.17, 15) is 0 Å². The van der Waals surface area contributed by atoms with Crippen LogP contribution in [-0.4, -0.2) is 18.1 Å². The minimum absolute atomic E-state index is 0.729. The van der Waals surface area contributed by atoms with Crippen molar-refractivity contribution < 1.29 is 0 Å². The third-order valence-electron chi connectivity index (χ3n) is 2.65. The van der Waals surface area contributed by atoms with E-state index in [0.29, 0.717) is 0 Å². The Kier molecular flexibility index (Phi) is 3.52. The first-order valence-corrected chi connectivity index (χ1v) is 6.43. The Labute approximate surface area is 104 Å². The quantitative estimate of drug-likeness (QED) is 0.839. The van der Waals surface area contributed by atoms with Gasteiger partial charge in [0, 0.05) is 23.8 Å². The maximum Gasteiger partial charge on any atom is 0.147 e. The molecule has 0 saturated heterocycles. The van der Waals surface area contributed by atoms with Crippen LogP contribution in [0, 0.1) is 5.92 Å². The Hall–Kier alpha value is -0.280. The molecule has 1 aromatic rings. The Morgan fingerprint density at radius 2 is 2.33 bits per heavy atom. The summed E-state index contributed by atoms with van der Waals surface area (Å²) < 4.78 is 0.929. The monoisotopic (exact) mass is 288 g/mol. The fourth-order valence-electron chi connectivity index (χ4n) is 1.62. The first-order chi connectivity index (χ1) is 7.20. The molecule has 1 aliphatic rings. The first-order valence-electron chi connectivity index (χ1n) is 5.26. The SMILES string of the molecule is CCN(CC1CC1)c1ncc(Br)cc1Cl. The number of nitrogens with zero attached hydrogens (tertiary/aromatic N) is 2. The molecule has 1 saturated carbocycles. The van der Waals surface area contributed by atoms with Gasteiger partial charge in [0.1, 0.15) is 5.82 Å². The van der Waals surface area contributed by atoms with Crippen molar-refractivity contribution >= 4 is 33.3 Å². The standard InChI is InChI=1S/C11H14BrClN2/c1-2-15(7-8-3-4-8)11-10(13)5-9(12)6-14-11/h5-6,8H,2-4,7H2,1H3. The van der Waals surface area contributed by atoms with Crippen molar-refractivity contribution in [1.29, 1.82) is 0 Å². The maximum atomic E-state index is 6.17.